The monoisotopic (exact) mass is 526 g/mol. The van der Waals surface area contributed by atoms with Crippen LogP contribution in [0, 0.1) is 0 Å². The van der Waals surface area contributed by atoms with Gasteiger partial charge in [-0.15, -0.1) is 0 Å². The Morgan fingerprint density at radius 2 is 1.22 bits per heavy atom. The van der Waals surface area contributed by atoms with Gasteiger partial charge in [0.15, 0.2) is 0 Å². The van der Waals surface area contributed by atoms with Gasteiger partial charge in [0, 0.05) is 13.1 Å². The number of hydrogen-bond donors (Lipinski definition) is 2. The molecule has 0 aliphatic rings. The molecule has 6 nitrogen and oxygen atoms in total. The second-order valence-electron chi connectivity index (χ2n) is 8.70. The van der Waals surface area contributed by atoms with Crippen molar-refractivity contribution in [2.24, 2.45) is 5.73 Å². The van der Waals surface area contributed by atoms with Crippen LogP contribution in [0.25, 0.3) is 0 Å². The van der Waals surface area contributed by atoms with Crippen molar-refractivity contribution < 1.29 is 32.5 Å². The average Bonchev–Trinajstić information content (AvgIpc) is 2.86. The van der Waals surface area contributed by atoms with Crippen LogP contribution in [0.5, 0.6) is 11.5 Å². The predicted octanol–water partition coefficient (Wildman–Crippen LogP) is 6.42. The van der Waals surface area contributed by atoms with E-state index in [4.69, 9.17) is 25.1 Å². The van der Waals surface area contributed by atoms with Crippen molar-refractivity contribution in [2.75, 3.05) is 26.3 Å². The molecular formula is C28H41F3N2O4. The summed E-state index contributed by atoms with van der Waals surface area (Å²) in [7, 11) is 0. The molecule has 0 fully saturated rings. The van der Waals surface area contributed by atoms with Crippen LogP contribution in [-0.2, 0) is 17.9 Å². The number of aliphatic carboxylic acids is 1. The smallest absolute Gasteiger partial charge is 0.490 e. The van der Waals surface area contributed by atoms with E-state index < -0.39 is 12.1 Å². The molecule has 2 aromatic rings. The summed E-state index contributed by atoms with van der Waals surface area (Å²) in [6.45, 7) is 9.58. The van der Waals surface area contributed by atoms with Gasteiger partial charge in [-0.3, -0.25) is 4.90 Å². The number of carbonyl (C=O) groups is 1. The van der Waals surface area contributed by atoms with Crippen LogP contribution in [0.1, 0.15) is 63.5 Å². The van der Waals surface area contributed by atoms with E-state index in [1.165, 1.54) is 11.1 Å². The lowest BCUT2D eigenvalue weighted by Gasteiger charge is -2.23. The molecule has 0 saturated heterocycles. The number of nitrogens with two attached hydrogens (primary N) is 1. The summed E-state index contributed by atoms with van der Waals surface area (Å²) in [5.74, 6) is -0.839. The molecule has 3 N–H and O–H groups in total. The number of hydrogen-bond acceptors (Lipinski definition) is 5. The maximum absolute atomic E-state index is 10.6. The molecule has 0 aliphatic carbocycles. The summed E-state index contributed by atoms with van der Waals surface area (Å²) in [5.41, 5.74) is 8.33. The molecule has 0 saturated carbocycles. The number of halogens is 3. The van der Waals surface area contributed by atoms with Crippen molar-refractivity contribution in [3.05, 3.63) is 59.7 Å². The molecule has 0 aliphatic heterocycles. The number of carboxylic acid groups (broad SMARTS) is 1. The third kappa shape index (κ3) is 15.2. The molecule has 0 radical (unpaired) electrons. The van der Waals surface area contributed by atoms with E-state index in [0.29, 0.717) is 0 Å². The average molecular weight is 527 g/mol. The Balaban J connectivity index is 0.000000856. The van der Waals surface area contributed by atoms with Gasteiger partial charge in [-0.25, -0.2) is 4.79 Å². The molecule has 9 heteroatoms. The highest BCUT2D eigenvalue weighted by Gasteiger charge is 2.38. The molecule has 0 aromatic heterocycles. The molecule has 37 heavy (non-hydrogen) atoms. The summed E-state index contributed by atoms with van der Waals surface area (Å²) in [5, 5.41) is 7.12. The van der Waals surface area contributed by atoms with Gasteiger partial charge in [0.05, 0.1) is 13.2 Å². The molecule has 0 spiro atoms. The molecule has 0 bridgehead atoms. The molecule has 0 heterocycles. The van der Waals surface area contributed by atoms with Crippen molar-refractivity contribution in [1.82, 2.24) is 4.90 Å². The van der Waals surface area contributed by atoms with Gasteiger partial charge in [0.1, 0.15) is 11.5 Å². The van der Waals surface area contributed by atoms with Crippen LogP contribution < -0.4 is 15.2 Å². The number of alkyl halides is 3. The zero-order valence-corrected chi connectivity index (χ0v) is 21.9. The predicted molar refractivity (Wildman–Crippen MR) is 140 cm³/mol. The first-order valence-electron chi connectivity index (χ1n) is 12.9. The Morgan fingerprint density at radius 3 is 1.54 bits per heavy atom. The first kappa shape index (κ1) is 32.2. The molecule has 208 valence electrons. The summed E-state index contributed by atoms with van der Waals surface area (Å²) in [6, 6.07) is 17.1. The molecule has 0 amide bonds. The van der Waals surface area contributed by atoms with Crippen molar-refractivity contribution in [3.63, 3.8) is 0 Å². The van der Waals surface area contributed by atoms with Crippen molar-refractivity contribution in [1.29, 1.82) is 0 Å². The Kier molecular flexibility index (Phi) is 16.1. The number of benzene rings is 2. The summed E-state index contributed by atoms with van der Waals surface area (Å²) in [6.07, 6.45) is 1.60. The second-order valence-corrected chi connectivity index (χ2v) is 8.70. The normalized spacial score (nSPS) is 11.1. The lowest BCUT2D eigenvalue weighted by atomic mass is 10.1. The Morgan fingerprint density at radius 1 is 0.811 bits per heavy atom. The maximum atomic E-state index is 10.6. The minimum absolute atomic E-state index is 0.751. The van der Waals surface area contributed by atoms with E-state index in [1.807, 2.05) is 0 Å². The summed E-state index contributed by atoms with van der Waals surface area (Å²) in [4.78, 5) is 11.4. The Labute approximate surface area is 218 Å². The van der Waals surface area contributed by atoms with E-state index in [9.17, 15) is 13.2 Å². The standard InChI is InChI=1S/C26H40N2O2.C2HF3O2/c1-3-5-19-29-25-13-9-23(10-14-25)21-28(18-8-7-17-27)22-24-11-15-26(16-12-24)30-20-6-4-2;3-2(4,5)1(6)7/h9-16H,3-8,17-22,27H2,1-2H3;(H,6,7). The first-order valence-corrected chi connectivity index (χ1v) is 12.9. The van der Waals surface area contributed by atoms with Crippen LogP contribution in [0.3, 0.4) is 0 Å². The zero-order valence-electron chi connectivity index (χ0n) is 21.9. The Bertz CT molecular complexity index is 804. The van der Waals surface area contributed by atoms with Gasteiger partial charge in [0.25, 0.3) is 0 Å². The van der Waals surface area contributed by atoms with Gasteiger partial charge < -0.3 is 20.3 Å². The number of ether oxygens (including phenoxy) is 2. The minimum atomic E-state index is -5.08. The van der Waals surface area contributed by atoms with E-state index in [-0.39, 0.29) is 0 Å². The second kappa shape index (κ2) is 18.5. The fourth-order valence-corrected chi connectivity index (χ4v) is 3.26. The molecule has 0 unspecified atom stereocenters. The third-order valence-corrected chi connectivity index (χ3v) is 5.36. The van der Waals surface area contributed by atoms with Gasteiger partial charge in [-0.05, 0) is 74.2 Å². The van der Waals surface area contributed by atoms with E-state index >= 15 is 0 Å². The minimum Gasteiger partial charge on any atom is -0.494 e. The van der Waals surface area contributed by atoms with Gasteiger partial charge in [0.2, 0.25) is 0 Å². The molecule has 2 rings (SSSR count). The fourth-order valence-electron chi connectivity index (χ4n) is 3.26. The number of unbranched alkanes of at least 4 members (excludes halogenated alkanes) is 3. The number of rotatable bonds is 16. The van der Waals surface area contributed by atoms with E-state index in [1.54, 1.807) is 0 Å². The van der Waals surface area contributed by atoms with Gasteiger partial charge in [-0.1, -0.05) is 51.0 Å². The highest BCUT2D eigenvalue weighted by Crippen LogP contribution is 2.18. The lowest BCUT2D eigenvalue weighted by molar-refractivity contribution is -0.192. The molecule has 2 aromatic carbocycles. The lowest BCUT2D eigenvalue weighted by Crippen LogP contribution is -2.24. The van der Waals surface area contributed by atoms with Crippen LogP contribution in [-0.4, -0.2) is 48.5 Å². The van der Waals surface area contributed by atoms with E-state index in [0.717, 1.165) is 89.4 Å². The molecule has 0 atom stereocenters. The van der Waals surface area contributed by atoms with Crippen molar-refractivity contribution in [2.45, 2.75) is 71.6 Å². The molecular weight excluding hydrogens is 485 g/mol. The summed E-state index contributed by atoms with van der Waals surface area (Å²) >= 11 is 0. The largest absolute Gasteiger partial charge is 0.494 e. The first-order chi connectivity index (χ1) is 17.7. The van der Waals surface area contributed by atoms with Gasteiger partial charge in [-0.2, -0.15) is 13.2 Å². The van der Waals surface area contributed by atoms with Crippen LogP contribution >= 0.6 is 0 Å². The Hall–Kier alpha value is -2.78. The maximum Gasteiger partial charge on any atom is 0.490 e. The number of carboxylic acids is 1. The van der Waals surface area contributed by atoms with Gasteiger partial charge >= 0.3 is 12.1 Å². The van der Waals surface area contributed by atoms with Crippen LogP contribution in [0.15, 0.2) is 48.5 Å². The fraction of sp³-hybridized carbons (Fsp3) is 0.536. The highest BCUT2D eigenvalue weighted by atomic mass is 19.4. The quantitative estimate of drug-likeness (QED) is 0.246. The van der Waals surface area contributed by atoms with Crippen molar-refractivity contribution in [3.8, 4) is 11.5 Å². The van der Waals surface area contributed by atoms with Crippen LogP contribution in [0.4, 0.5) is 13.2 Å². The SMILES string of the molecule is CCCCOc1ccc(CN(CCCCN)Cc2ccc(OCCCC)cc2)cc1.O=C(O)C(F)(F)F. The third-order valence-electron chi connectivity index (χ3n) is 5.36. The zero-order chi connectivity index (χ0) is 27.5. The highest BCUT2D eigenvalue weighted by molar-refractivity contribution is 5.73. The van der Waals surface area contributed by atoms with E-state index in [2.05, 4.69) is 67.3 Å². The topological polar surface area (TPSA) is 85.0 Å². The van der Waals surface area contributed by atoms with Crippen LogP contribution in [0.2, 0.25) is 0 Å². The number of nitrogens with zero attached hydrogens (tertiary/aromatic N) is 1. The van der Waals surface area contributed by atoms with Crippen molar-refractivity contribution >= 4 is 5.97 Å². The summed E-state index contributed by atoms with van der Waals surface area (Å²) < 4.78 is 43.3.